The molecule has 0 radical (unpaired) electrons. The van der Waals surface area contributed by atoms with E-state index in [1.54, 1.807) is 6.21 Å². The van der Waals surface area contributed by atoms with E-state index < -0.39 is 0 Å². The smallest absolute Gasteiger partial charge is 0.277 e. The molecule has 5 nitrogen and oxygen atoms in total. The van der Waals surface area contributed by atoms with E-state index in [1.807, 2.05) is 56.4 Å². The van der Waals surface area contributed by atoms with Gasteiger partial charge < -0.3 is 9.72 Å². The fraction of sp³-hybridized carbons (Fsp3) is 0.158. The number of amides is 1. The van der Waals surface area contributed by atoms with Crippen LogP contribution < -0.4 is 10.2 Å². The number of carbonyl (C=O) groups excluding carboxylic acids is 1. The summed E-state index contributed by atoms with van der Waals surface area (Å²) in [5.74, 6) is 0.418. The predicted octanol–water partition coefficient (Wildman–Crippen LogP) is 4.08. The maximum atomic E-state index is 11.9. The van der Waals surface area contributed by atoms with Crippen molar-refractivity contribution in [1.29, 1.82) is 0 Å². The van der Waals surface area contributed by atoms with Crippen molar-refractivity contribution in [2.45, 2.75) is 13.8 Å². The molecule has 25 heavy (non-hydrogen) atoms. The molecule has 0 atom stereocenters. The number of nitrogens with zero attached hydrogens (tertiary/aromatic N) is 1. The molecule has 0 bridgehead atoms. The maximum Gasteiger partial charge on any atom is 0.277 e. The zero-order chi connectivity index (χ0) is 17.8. The quantitative estimate of drug-likeness (QED) is 0.501. The monoisotopic (exact) mass is 399 g/mol. The van der Waals surface area contributed by atoms with E-state index in [4.69, 9.17) is 4.74 Å². The van der Waals surface area contributed by atoms with Crippen LogP contribution in [-0.4, -0.2) is 23.7 Å². The zero-order valence-electron chi connectivity index (χ0n) is 14.0. The Morgan fingerprint density at radius 3 is 2.76 bits per heavy atom. The van der Waals surface area contributed by atoms with E-state index in [0.717, 1.165) is 37.8 Å². The second-order valence-electron chi connectivity index (χ2n) is 5.77. The lowest BCUT2D eigenvalue weighted by atomic mass is 10.1. The van der Waals surface area contributed by atoms with Gasteiger partial charge in [0.15, 0.2) is 6.61 Å². The van der Waals surface area contributed by atoms with Crippen molar-refractivity contribution in [3.63, 3.8) is 0 Å². The van der Waals surface area contributed by atoms with E-state index in [2.05, 4.69) is 31.4 Å². The average molecular weight is 400 g/mol. The molecule has 0 saturated heterocycles. The van der Waals surface area contributed by atoms with Crippen LogP contribution in [0.2, 0.25) is 0 Å². The summed E-state index contributed by atoms with van der Waals surface area (Å²) < 4.78 is 6.61. The van der Waals surface area contributed by atoms with Gasteiger partial charge in [0.1, 0.15) is 5.75 Å². The van der Waals surface area contributed by atoms with Gasteiger partial charge >= 0.3 is 0 Å². The molecule has 0 unspecified atom stereocenters. The van der Waals surface area contributed by atoms with Gasteiger partial charge in [0.25, 0.3) is 5.91 Å². The van der Waals surface area contributed by atoms with Crippen molar-refractivity contribution in [3.8, 4) is 5.75 Å². The lowest BCUT2D eigenvalue weighted by Gasteiger charge is -2.11. The number of ether oxygens (including phenoxy) is 1. The molecule has 0 fully saturated rings. The molecule has 3 aromatic rings. The number of hydrazone groups is 1. The number of rotatable bonds is 5. The molecule has 0 aliphatic rings. The lowest BCUT2D eigenvalue weighted by molar-refractivity contribution is -0.123. The van der Waals surface area contributed by atoms with Gasteiger partial charge in [-0.15, -0.1) is 0 Å². The summed E-state index contributed by atoms with van der Waals surface area (Å²) in [4.78, 5) is 15.0. The highest BCUT2D eigenvalue weighted by Crippen LogP contribution is 2.27. The fourth-order valence-corrected chi connectivity index (χ4v) is 3.31. The highest BCUT2D eigenvalue weighted by Gasteiger charge is 2.08. The highest BCUT2D eigenvalue weighted by atomic mass is 79.9. The lowest BCUT2D eigenvalue weighted by Crippen LogP contribution is -2.25. The predicted molar refractivity (Wildman–Crippen MR) is 103 cm³/mol. The molecule has 2 aromatic carbocycles. The average Bonchev–Trinajstić information content (AvgIpc) is 3.01. The number of hydrogen-bond acceptors (Lipinski definition) is 3. The number of H-pyrrole nitrogens is 1. The number of fused-ring (bicyclic) bond motifs is 1. The van der Waals surface area contributed by atoms with Gasteiger partial charge in [-0.25, -0.2) is 5.43 Å². The highest BCUT2D eigenvalue weighted by molar-refractivity contribution is 9.10. The van der Waals surface area contributed by atoms with Crippen LogP contribution in [0.4, 0.5) is 0 Å². The molecular weight excluding hydrogens is 382 g/mol. The normalized spacial score (nSPS) is 11.2. The second kappa shape index (κ2) is 7.53. The van der Waals surface area contributed by atoms with Crippen molar-refractivity contribution >= 4 is 39.0 Å². The molecule has 0 aliphatic heterocycles. The Morgan fingerprint density at radius 2 is 2.00 bits per heavy atom. The van der Waals surface area contributed by atoms with E-state index >= 15 is 0 Å². The standard InChI is InChI=1S/C19H18BrN3O2/c1-12-7-16(20)8-13(2)19(12)25-11-18(24)23-22-10-14-3-4-17-15(9-14)5-6-21-17/h3-10,21H,11H2,1-2H3,(H,23,24). The molecular formula is C19H18BrN3O2. The van der Waals surface area contributed by atoms with E-state index in [0.29, 0.717) is 0 Å². The second-order valence-corrected chi connectivity index (χ2v) is 6.69. The van der Waals surface area contributed by atoms with Crippen LogP contribution in [0, 0.1) is 13.8 Å². The summed E-state index contributed by atoms with van der Waals surface area (Å²) in [7, 11) is 0. The minimum Gasteiger partial charge on any atom is -0.483 e. The molecule has 6 heteroatoms. The Balaban J connectivity index is 1.56. The number of halogens is 1. The Labute approximate surface area is 154 Å². The van der Waals surface area contributed by atoms with E-state index in [1.165, 1.54) is 0 Å². The van der Waals surface area contributed by atoms with Gasteiger partial charge in [0.2, 0.25) is 0 Å². The minimum absolute atomic E-state index is 0.0858. The van der Waals surface area contributed by atoms with Crippen LogP contribution >= 0.6 is 15.9 Å². The number of hydrogen-bond donors (Lipinski definition) is 2. The van der Waals surface area contributed by atoms with Crippen molar-refractivity contribution in [1.82, 2.24) is 10.4 Å². The molecule has 2 N–H and O–H groups in total. The van der Waals surface area contributed by atoms with Gasteiger partial charge in [-0.05, 0) is 66.3 Å². The van der Waals surface area contributed by atoms with Crippen LogP contribution in [0.3, 0.4) is 0 Å². The molecule has 0 aliphatic carbocycles. The summed E-state index contributed by atoms with van der Waals surface area (Å²) in [6.45, 7) is 3.80. The first kappa shape index (κ1) is 17.2. The Morgan fingerprint density at radius 1 is 1.24 bits per heavy atom. The summed E-state index contributed by atoms with van der Waals surface area (Å²) in [5, 5.41) is 5.08. The number of carbonyl (C=O) groups is 1. The molecule has 1 heterocycles. The molecule has 1 amide bonds. The van der Waals surface area contributed by atoms with Gasteiger partial charge in [0.05, 0.1) is 6.21 Å². The van der Waals surface area contributed by atoms with E-state index in [9.17, 15) is 4.79 Å². The maximum absolute atomic E-state index is 11.9. The van der Waals surface area contributed by atoms with Crippen molar-refractivity contribution in [2.75, 3.05) is 6.61 Å². The zero-order valence-corrected chi connectivity index (χ0v) is 15.6. The largest absolute Gasteiger partial charge is 0.483 e. The summed E-state index contributed by atoms with van der Waals surface area (Å²) in [6.07, 6.45) is 3.50. The molecule has 0 saturated carbocycles. The molecule has 128 valence electrons. The number of aromatic nitrogens is 1. The molecule has 1 aromatic heterocycles. The third-order valence-electron chi connectivity index (χ3n) is 3.75. The van der Waals surface area contributed by atoms with Crippen LogP contribution in [-0.2, 0) is 4.79 Å². The van der Waals surface area contributed by atoms with Gasteiger partial charge in [0, 0.05) is 16.2 Å². The minimum atomic E-state index is -0.305. The Bertz CT molecular complexity index is 924. The fourth-order valence-electron chi connectivity index (χ4n) is 2.63. The van der Waals surface area contributed by atoms with Gasteiger partial charge in [-0.3, -0.25) is 4.79 Å². The molecule has 0 spiro atoms. The van der Waals surface area contributed by atoms with Crippen LogP contribution in [0.25, 0.3) is 10.9 Å². The van der Waals surface area contributed by atoms with Crippen LogP contribution in [0.1, 0.15) is 16.7 Å². The number of nitrogens with one attached hydrogen (secondary N) is 2. The third-order valence-corrected chi connectivity index (χ3v) is 4.21. The van der Waals surface area contributed by atoms with Crippen molar-refractivity contribution in [3.05, 3.63) is 63.8 Å². The number of aryl methyl sites for hydroxylation is 2. The number of aromatic amines is 1. The van der Waals surface area contributed by atoms with Crippen molar-refractivity contribution in [2.24, 2.45) is 5.10 Å². The van der Waals surface area contributed by atoms with Crippen molar-refractivity contribution < 1.29 is 9.53 Å². The summed E-state index contributed by atoms with van der Waals surface area (Å²) in [6, 6.07) is 11.8. The first-order valence-corrected chi connectivity index (χ1v) is 8.61. The SMILES string of the molecule is Cc1cc(Br)cc(C)c1OCC(=O)NN=Cc1ccc2[nH]ccc2c1. The Hall–Kier alpha value is -2.60. The summed E-state index contributed by atoms with van der Waals surface area (Å²) in [5.41, 5.74) is 6.41. The van der Waals surface area contributed by atoms with Crippen LogP contribution in [0.15, 0.2) is 52.2 Å². The number of benzene rings is 2. The summed E-state index contributed by atoms with van der Waals surface area (Å²) >= 11 is 3.44. The topological polar surface area (TPSA) is 66.5 Å². The van der Waals surface area contributed by atoms with Gasteiger partial charge in [-0.2, -0.15) is 5.10 Å². The third kappa shape index (κ3) is 4.28. The van der Waals surface area contributed by atoms with Gasteiger partial charge in [-0.1, -0.05) is 22.0 Å². The van der Waals surface area contributed by atoms with Crippen LogP contribution in [0.5, 0.6) is 5.75 Å². The van der Waals surface area contributed by atoms with E-state index in [-0.39, 0.29) is 12.5 Å². The molecule has 3 rings (SSSR count). The Kier molecular flexibility index (Phi) is 5.19. The first-order chi connectivity index (χ1) is 12.0. The first-order valence-electron chi connectivity index (χ1n) is 7.81.